The number of halogens is 1. The molecule has 1 rings (SSSR count). The summed E-state index contributed by atoms with van der Waals surface area (Å²) in [4.78, 5) is 0. The van der Waals surface area contributed by atoms with Crippen molar-refractivity contribution in [2.75, 3.05) is 6.61 Å². The van der Waals surface area contributed by atoms with Crippen LogP contribution >= 0.6 is 15.9 Å². The molecule has 0 spiro atoms. The zero-order chi connectivity index (χ0) is 13.7. The maximum Gasteiger partial charge on any atom is 0.0738 e. The molecule has 2 N–H and O–H groups in total. The molecule has 0 aliphatic heterocycles. The van der Waals surface area contributed by atoms with Crippen LogP contribution in [0.5, 0.6) is 0 Å². The van der Waals surface area contributed by atoms with Crippen LogP contribution in [-0.2, 0) is 17.7 Å². The van der Waals surface area contributed by atoms with Crippen molar-refractivity contribution in [2.45, 2.75) is 59.2 Å². The van der Waals surface area contributed by atoms with Gasteiger partial charge in [-0.25, -0.2) is 0 Å². The van der Waals surface area contributed by atoms with Gasteiger partial charge in [-0.1, -0.05) is 6.92 Å². The van der Waals surface area contributed by atoms with Crippen molar-refractivity contribution < 1.29 is 4.74 Å². The number of aromatic nitrogens is 2. The molecule has 2 atom stereocenters. The van der Waals surface area contributed by atoms with Crippen molar-refractivity contribution in [1.82, 2.24) is 9.78 Å². The van der Waals surface area contributed by atoms with E-state index in [0.717, 1.165) is 29.6 Å². The molecule has 1 aromatic rings. The quantitative estimate of drug-likeness (QED) is 0.841. The van der Waals surface area contributed by atoms with E-state index in [1.54, 1.807) is 0 Å². The van der Waals surface area contributed by atoms with Crippen LogP contribution in [0.15, 0.2) is 4.47 Å². The lowest BCUT2D eigenvalue weighted by Crippen LogP contribution is -2.38. The van der Waals surface area contributed by atoms with Gasteiger partial charge in [0.05, 0.1) is 22.0 Å². The number of ether oxygens (including phenoxy) is 1. The highest BCUT2D eigenvalue weighted by Crippen LogP contribution is 2.23. The minimum atomic E-state index is 0.00708. The van der Waals surface area contributed by atoms with Gasteiger partial charge in [-0.15, -0.1) is 0 Å². The molecule has 1 heterocycles. The Morgan fingerprint density at radius 1 is 1.39 bits per heavy atom. The van der Waals surface area contributed by atoms with Crippen LogP contribution in [0.4, 0.5) is 0 Å². The Labute approximate surface area is 118 Å². The first-order chi connectivity index (χ1) is 8.54. The number of hydrogen-bond donors (Lipinski definition) is 1. The van der Waals surface area contributed by atoms with Crippen LogP contribution in [0, 0.1) is 6.92 Å². The second-order valence-electron chi connectivity index (χ2n) is 4.43. The van der Waals surface area contributed by atoms with Crippen LogP contribution in [0.3, 0.4) is 0 Å². The van der Waals surface area contributed by atoms with Crippen LogP contribution in [0.2, 0.25) is 0 Å². The van der Waals surface area contributed by atoms with Crippen LogP contribution in [-0.4, -0.2) is 28.5 Å². The Morgan fingerprint density at radius 2 is 2.06 bits per heavy atom. The molecule has 0 saturated carbocycles. The Kier molecular flexibility index (Phi) is 6.32. The summed E-state index contributed by atoms with van der Waals surface area (Å²) in [7, 11) is 0. The lowest BCUT2D eigenvalue weighted by molar-refractivity contribution is 0.0412. The molecular formula is C13H24BrN3O. The lowest BCUT2D eigenvalue weighted by atomic mass is 10.0. The minimum Gasteiger partial charge on any atom is -0.377 e. The van der Waals surface area contributed by atoms with Gasteiger partial charge in [0, 0.05) is 25.6 Å². The number of aryl methyl sites for hydroxylation is 2. The highest BCUT2D eigenvalue weighted by Gasteiger charge is 2.21. The van der Waals surface area contributed by atoms with Crippen molar-refractivity contribution in [2.24, 2.45) is 5.73 Å². The minimum absolute atomic E-state index is 0.00708. The fourth-order valence-corrected chi connectivity index (χ4v) is 2.62. The molecular weight excluding hydrogens is 294 g/mol. The SMILES string of the molecule is CCOC(CC)C(N)Cc1c(Br)c(C)nn1CC. The third-order valence-electron chi connectivity index (χ3n) is 3.14. The Bertz CT molecular complexity index is 379. The van der Waals surface area contributed by atoms with Gasteiger partial charge in [0.1, 0.15) is 0 Å². The van der Waals surface area contributed by atoms with E-state index in [-0.39, 0.29) is 12.1 Å². The average Bonchev–Trinajstić information content (AvgIpc) is 2.63. The van der Waals surface area contributed by atoms with E-state index in [4.69, 9.17) is 10.5 Å². The number of rotatable bonds is 7. The molecule has 1 aromatic heterocycles. The van der Waals surface area contributed by atoms with E-state index in [1.807, 2.05) is 18.5 Å². The summed E-state index contributed by atoms with van der Waals surface area (Å²) in [6.07, 6.45) is 1.84. The Balaban J connectivity index is 2.83. The van der Waals surface area contributed by atoms with E-state index >= 15 is 0 Å². The van der Waals surface area contributed by atoms with Gasteiger partial charge in [-0.05, 0) is 43.1 Å². The summed E-state index contributed by atoms with van der Waals surface area (Å²) in [6.45, 7) is 9.78. The van der Waals surface area contributed by atoms with Gasteiger partial charge < -0.3 is 10.5 Å². The van der Waals surface area contributed by atoms with Crippen LogP contribution in [0.1, 0.15) is 38.6 Å². The fourth-order valence-electron chi connectivity index (χ4n) is 2.18. The molecule has 0 bridgehead atoms. The predicted molar refractivity (Wildman–Crippen MR) is 77.7 cm³/mol. The molecule has 2 unspecified atom stereocenters. The Hall–Kier alpha value is -0.390. The van der Waals surface area contributed by atoms with Crippen molar-refractivity contribution in [3.63, 3.8) is 0 Å². The van der Waals surface area contributed by atoms with E-state index in [1.165, 1.54) is 5.69 Å². The van der Waals surface area contributed by atoms with Crippen molar-refractivity contribution in [3.05, 3.63) is 15.9 Å². The van der Waals surface area contributed by atoms with Gasteiger partial charge in [0.25, 0.3) is 0 Å². The van der Waals surface area contributed by atoms with Crippen LogP contribution < -0.4 is 5.73 Å². The van der Waals surface area contributed by atoms with Gasteiger partial charge in [-0.2, -0.15) is 5.10 Å². The molecule has 0 saturated heterocycles. The summed E-state index contributed by atoms with van der Waals surface area (Å²) in [5.74, 6) is 0. The van der Waals surface area contributed by atoms with Crippen molar-refractivity contribution in [3.8, 4) is 0 Å². The molecule has 0 aromatic carbocycles. The fraction of sp³-hybridized carbons (Fsp3) is 0.769. The normalized spacial score (nSPS) is 14.8. The number of nitrogens with two attached hydrogens (primary N) is 1. The third-order valence-corrected chi connectivity index (χ3v) is 4.17. The number of hydrogen-bond acceptors (Lipinski definition) is 3. The predicted octanol–water partition coefficient (Wildman–Crippen LogP) is 2.66. The molecule has 0 amide bonds. The highest BCUT2D eigenvalue weighted by molar-refractivity contribution is 9.10. The summed E-state index contributed by atoms with van der Waals surface area (Å²) >= 11 is 3.60. The van der Waals surface area contributed by atoms with Crippen molar-refractivity contribution in [1.29, 1.82) is 0 Å². The Morgan fingerprint density at radius 3 is 2.56 bits per heavy atom. The summed E-state index contributed by atoms with van der Waals surface area (Å²) < 4.78 is 8.76. The lowest BCUT2D eigenvalue weighted by Gasteiger charge is -2.23. The molecule has 4 nitrogen and oxygen atoms in total. The van der Waals surface area contributed by atoms with Gasteiger partial charge in [0.2, 0.25) is 0 Å². The van der Waals surface area contributed by atoms with Crippen LogP contribution in [0.25, 0.3) is 0 Å². The van der Waals surface area contributed by atoms with Gasteiger partial charge in [-0.3, -0.25) is 4.68 Å². The first-order valence-corrected chi connectivity index (χ1v) is 7.43. The summed E-state index contributed by atoms with van der Waals surface area (Å²) in [6, 6.07) is 0.00708. The maximum absolute atomic E-state index is 6.26. The second-order valence-corrected chi connectivity index (χ2v) is 5.22. The second kappa shape index (κ2) is 7.26. The highest BCUT2D eigenvalue weighted by atomic mass is 79.9. The summed E-state index contributed by atoms with van der Waals surface area (Å²) in [5, 5.41) is 4.49. The van der Waals surface area contributed by atoms with E-state index in [0.29, 0.717) is 6.61 Å². The molecule has 5 heteroatoms. The molecule has 0 radical (unpaired) electrons. The molecule has 0 aliphatic carbocycles. The first-order valence-electron chi connectivity index (χ1n) is 6.63. The van der Waals surface area contributed by atoms with Crippen molar-refractivity contribution >= 4 is 15.9 Å². The van der Waals surface area contributed by atoms with Gasteiger partial charge in [0.15, 0.2) is 0 Å². The molecule has 0 fully saturated rings. The van der Waals surface area contributed by atoms with E-state index in [2.05, 4.69) is 34.9 Å². The smallest absolute Gasteiger partial charge is 0.0738 e. The first kappa shape index (κ1) is 15.7. The summed E-state index contributed by atoms with van der Waals surface area (Å²) in [5.41, 5.74) is 8.45. The monoisotopic (exact) mass is 317 g/mol. The topological polar surface area (TPSA) is 53.1 Å². The molecule has 104 valence electrons. The zero-order valence-electron chi connectivity index (χ0n) is 11.7. The third kappa shape index (κ3) is 3.56. The zero-order valence-corrected chi connectivity index (χ0v) is 13.3. The standard InChI is InChI=1S/C13H24BrN3O/c1-5-12(18-7-3)10(15)8-11-13(14)9(4)16-17(11)6-2/h10,12H,5-8,15H2,1-4H3. The molecule has 0 aliphatic rings. The molecule has 18 heavy (non-hydrogen) atoms. The average molecular weight is 318 g/mol. The largest absolute Gasteiger partial charge is 0.377 e. The number of nitrogens with zero attached hydrogens (tertiary/aromatic N) is 2. The maximum atomic E-state index is 6.26. The van der Waals surface area contributed by atoms with E-state index < -0.39 is 0 Å². The van der Waals surface area contributed by atoms with E-state index in [9.17, 15) is 0 Å². The van der Waals surface area contributed by atoms with Gasteiger partial charge >= 0.3 is 0 Å².